The minimum Gasteiger partial charge on any atom is -0.323 e. The summed E-state index contributed by atoms with van der Waals surface area (Å²) in [5.74, 6) is 1.73. The van der Waals surface area contributed by atoms with E-state index in [1.807, 2.05) is 4.90 Å². The molecule has 6 heteroatoms. The van der Waals surface area contributed by atoms with Gasteiger partial charge in [-0.1, -0.05) is 39.5 Å². The Labute approximate surface area is 164 Å². The second-order valence-corrected chi connectivity index (χ2v) is 9.65. The molecule has 2 saturated carbocycles. The van der Waals surface area contributed by atoms with Crippen molar-refractivity contribution in [1.29, 1.82) is 0 Å². The summed E-state index contributed by atoms with van der Waals surface area (Å²) >= 11 is 0. The summed E-state index contributed by atoms with van der Waals surface area (Å²) in [5, 5.41) is 13.2. The van der Waals surface area contributed by atoms with Crippen molar-refractivity contribution in [2.45, 2.75) is 96.2 Å². The lowest BCUT2D eigenvalue weighted by Gasteiger charge is -2.39. The van der Waals surface area contributed by atoms with Gasteiger partial charge in [-0.25, -0.2) is 4.68 Å². The Hall–Kier alpha value is -1.01. The highest BCUT2D eigenvalue weighted by Crippen LogP contribution is 2.29. The van der Waals surface area contributed by atoms with Gasteiger partial charge in [-0.05, 0) is 49.0 Å². The van der Waals surface area contributed by atoms with Crippen molar-refractivity contribution in [3.63, 3.8) is 0 Å². The van der Waals surface area contributed by atoms with Crippen molar-refractivity contribution >= 4 is 0 Å². The first-order chi connectivity index (χ1) is 13.2. The molecule has 0 spiro atoms. The fraction of sp³-hybridized carbons (Fsp3) is 0.952. The van der Waals surface area contributed by atoms with Gasteiger partial charge in [-0.2, -0.15) is 0 Å². The highest BCUT2D eigenvalue weighted by molar-refractivity contribution is 4.92. The van der Waals surface area contributed by atoms with Gasteiger partial charge >= 0.3 is 0 Å². The van der Waals surface area contributed by atoms with E-state index in [1.165, 1.54) is 90.4 Å². The van der Waals surface area contributed by atoms with E-state index in [0.717, 1.165) is 11.9 Å². The third-order valence-corrected chi connectivity index (χ3v) is 7.54. The van der Waals surface area contributed by atoms with E-state index < -0.39 is 0 Å². The summed E-state index contributed by atoms with van der Waals surface area (Å²) in [6.07, 6.45) is 13.8. The summed E-state index contributed by atoms with van der Waals surface area (Å²) in [5.41, 5.74) is 0. The Morgan fingerprint density at radius 2 is 1.48 bits per heavy atom. The number of hydrogen-bond acceptors (Lipinski definition) is 3. The van der Waals surface area contributed by atoms with Gasteiger partial charge < -0.3 is 9.80 Å². The first-order valence-corrected chi connectivity index (χ1v) is 11.7. The van der Waals surface area contributed by atoms with Crippen LogP contribution in [0.1, 0.15) is 96.0 Å². The lowest BCUT2D eigenvalue weighted by Crippen LogP contribution is -3.30. The van der Waals surface area contributed by atoms with Gasteiger partial charge in [0.25, 0.3) is 0 Å². The largest absolute Gasteiger partial charge is 0.323 e. The molecule has 0 amide bonds. The highest BCUT2D eigenvalue weighted by atomic mass is 15.6. The van der Waals surface area contributed by atoms with Gasteiger partial charge in [0.15, 0.2) is 6.04 Å². The van der Waals surface area contributed by atoms with Crippen LogP contribution < -0.4 is 9.80 Å². The molecule has 1 aliphatic heterocycles. The van der Waals surface area contributed by atoms with Crippen LogP contribution in [0, 0.1) is 5.92 Å². The lowest BCUT2D eigenvalue weighted by atomic mass is 9.93. The van der Waals surface area contributed by atoms with E-state index in [0.29, 0.717) is 18.0 Å². The smallest absolute Gasteiger partial charge is 0.209 e. The molecule has 27 heavy (non-hydrogen) atoms. The van der Waals surface area contributed by atoms with E-state index in [4.69, 9.17) is 0 Å². The van der Waals surface area contributed by atoms with Gasteiger partial charge in [0.05, 0.1) is 12.1 Å². The second-order valence-electron chi connectivity index (χ2n) is 9.65. The fourth-order valence-electron chi connectivity index (χ4n) is 6.07. The number of hydrogen-bond donors (Lipinski definition) is 2. The molecule has 2 heterocycles. The SMILES string of the molecule is CC(C)[C@@H](c1nnnn1C1CCCCC1)[NH+]1CC[NH+](C2CCCCC2)CC1. The van der Waals surface area contributed by atoms with Gasteiger partial charge in [-0.3, -0.25) is 0 Å². The van der Waals surface area contributed by atoms with Crippen LogP contribution in [0.25, 0.3) is 0 Å². The number of rotatable bonds is 5. The molecule has 0 bridgehead atoms. The minimum absolute atomic E-state index is 0.440. The Bertz CT molecular complexity index is 565. The lowest BCUT2D eigenvalue weighted by molar-refractivity contribution is -1.04. The monoisotopic (exact) mass is 376 g/mol. The summed E-state index contributed by atoms with van der Waals surface area (Å²) in [4.78, 5) is 3.60. The average molecular weight is 377 g/mol. The van der Waals surface area contributed by atoms with Crippen LogP contribution in [0.4, 0.5) is 0 Å². The molecule has 2 N–H and O–H groups in total. The summed E-state index contributed by atoms with van der Waals surface area (Å²) in [6, 6.07) is 1.90. The molecule has 3 aliphatic rings. The Morgan fingerprint density at radius 1 is 0.852 bits per heavy atom. The zero-order valence-electron chi connectivity index (χ0n) is 17.5. The molecule has 0 unspecified atom stereocenters. The molecule has 1 aromatic rings. The van der Waals surface area contributed by atoms with E-state index in [9.17, 15) is 0 Å². The van der Waals surface area contributed by atoms with Crippen LogP contribution in [0.5, 0.6) is 0 Å². The maximum Gasteiger partial charge on any atom is 0.209 e. The third-order valence-electron chi connectivity index (χ3n) is 7.54. The van der Waals surface area contributed by atoms with Crippen molar-refractivity contribution in [2.24, 2.45) is 5.92 Å². The third kappa shape index (κ3) is 4.37. The molecule has 152 valence electrons. The number of quaternary nitrogens is 2. The quantitative estimate of drug-likeness (QED) is 0.806. The molecule has 1 atom stereocenters. The van der Waals surface area contributed by atoms with Crippen LogP contribution in [0.15, 0.2) is 0 Å². The topological polar surface area (TPSA) is 52.5 Å². The maximum atomic E-state index is 4.57. The van der Waals surface area contributed by atoms with Gasteiger partial charge in [-0.15, -0.1) is 5.10 Å². The average Bonchev–Trinajstić information content (AvgIpc) is 3.19. The van der Waals surface area contributed by atoms with Crippen molar-refractivity contribution in [3.8, 4) is 0 Å². The highest BCUT2D eigenvalue weighted by Gasteiger charge is 2.39. The van der Waals surface area contributed by atoms with Crippen molar-refractivity contribution in [2.75, 3.05) is 26.2 Å². The molecule has 4 rings (SSSR count). The van der Waals surface area contributed by atoms with Gasteiger partial charge in [0.1, 0.15) is 26.2 Å². The Morgan fingerprint density at radius 3 is 2.11 bits per heavy atom. The molecule has 2 aliphatic carbocycles. The minimum atomic E-state index is 0.440. The maximum absolute atomic E-state index is 4.57. The molecule has 0 aromatic carbocycles. The number of tetrazole rings is 1. The molecular formula is C21H40N6+2. The summed E-state index contributed by atoms with van der Waals surface area (Å²) in [6.45, 7) is 9.91. The predicted octanol–water partition coefficient (Wildman–Crippen LogP) is 0.992. The van der Waals surface area contributed by atoms with Crippen molar-refractivity contribution in [3.05, 3.63) is 5.82 Å². The molecule has 1 aromatic heterocycles. The van der Waals surface area contributed by atoms with Crippen LogP contribution in [-0.4, -0.2) is 52.4 Å². The number of nitrogens with one attached hydrogen (secondary N) is 2. The van der Waals surface area contributed by atoms with Crippen LogP contribution >= 0.6 is 0 Å². The molecule has 6 nitrogen and oxygen atoms in total. The number of aromatic nitrogens is 4. The van der Waals surface area contributed by atoms with E-state index >= 15 is 0 Å². The molecule has 1 saturated heterocycles. The van der Waals surface area contributed by atoms with Crippen LogP contribution in [0.2, 0.25) is 0 Å². The standard InChI is InChI=1S/C21H38N6/c1-17(2)20(21-22-23-24-27(21)19-11-7-4-8-12-19)26-15-13-25(14-16-26)18-9-5-3-6-10-18/h17-20H,3-16H2,1-2H3/p+2/t20-/m0/s1. The normalized spacial score (nSPS) is 29.9. The molecule has 0 radical (unpaired) electrons. The van der Waals surface area contributed by atoms with E-state index in [2.05, 4.69) is 34.1 Å². The molecular weight excluding hydrogens is 336 g/mol. The van der Waals surface area contributed by atoms with Crippen molar-refractivity contribution in [1.82, 2.24) is 20.2 Å². The zero-order valence-corrected chi connectivity index (χ0v) is 17.5. The van der Waals surface area contributed by atoms with E-state index in [1.54, 1.807) is 4.90 Å². The summed E-state index contributed by atoms with van der Waals surface area (Å²) in [7, 11) is 0. The van der Waals surface area contributed by atoms with Crippen LogP contribution in [-0.2, 0) is 0 Å². The van der Waals surface area contributed by atoms with Gasteiger partial charge in [0, 0.05) is 5.92 Å². The van der Waals surface area contributed by atoms with Gasteiger partial charge in [0.2, 0.25) is 5.82 Å². The Kier molecular flexibility index (Phi) is 6.43. The first-order valence-electron chi connectivity index (χ1n) is 11.7. The fourth-order valence-corrected chi connectivity index (χ4v) is 6.07. The Balaban J connectivity index is 1.44. The first kappa shape index (κ1) is 19.3. The zero-order chi connectivity index (χ0) is 18.6. The number of piperazine rings is 1. The predicted molar refractivity (Wildman–Crippen MR) is 106 cm³/mol. The van der Waals surface area contributed by atoms with E-state index in [-0.39, 0.29) is 0 Å². The molecule has 3 fully saturated rings. The second kappa shape index (κ2) is 8.99. The van der Waals surface area contributed by atoms with Crippen molar-refractivity contribution < 1.29 is 9.80 Å². The summed E-state index contributed by atoms with van der Waals surface area (Å²) < 4.78 is 2.22. The van der Waals surface area contributed by atoms with Crippen LogP contribution in [0.3, 0.4) is 0 Å². The number of nitrogens with zero attached hydrogens (tertiary/aromatic N) is 4.